The van der Waals surface area contributed by atoms with Gasteiger partial charge in [-0.05, 0) is 12.1 Å². The van der Waals surface area contributed by atoms with Crippen LogP contribution in [0.2, 0.25) is 0 Å². The Morgan fingerprint density at radius 3 is 2.40 bits per heavy atom. The van der Waals surface area contributed by atoms with Crippen molar-refractivity contribution in [1.82, 2.24) is 24.6 Å². The number of rotatable bonds is 7. The lowest BCUT2D eigenvalue weighted by Crippen LogP contribution is -2.29. The number of hydrogen-bond donors (Lipinski definition) is 1. The number of nitrogens with zero attached hydrogens (tertiary/aromatic N) is 6. The highest BCUT2D eigenvalue weighted by Crippen LogP contribution is 2.19. The summed E-state index contributed by atoms with van der Waals surface area (Å²) in [6.07, 6.45) is 1.89. The third-order valence-corrected chi connectivity index (χ3v) is 4.23. The van der Waals surface area contributed by atoms with Gasteiger partial charge in [-0.3, -0.25) is 14.4 Å². The minimum absolute atomic E-state index is 0.134. The lowest BCUT2D eigenvalue weighted by Gasteiger charge is -2.16. The number of benzene rings is 1. The van der Waals surface area contributed by atoms with Crippen LogP contribution in [0.5, 0.6) is 0 Å². The second-order valence-corrected chi connectivity index (χ2v) is 6.68. The van der Waals surface area contributed by atoms with E-state index >= 15 is 0 Å². The first-order chi connectivity index (χ1) is 14.4. The van der Waals surface area contributed by atoms with Crippen molar-refractivity contribution in [3.8, 4) is 11.3 Å². The molecule has 1 N–H and O–H groups in total. The van der Waals surface area contributed by atoms with Crippen molar-refractivity contribution in [1.29, 1.82) is 0 Å². The van der Waals surface area contributed by atoms with E-state index < -0.39 is 5.91 Å². The van der Waals surface area contributed by atoms with E-state index in [0.717, 1.165) is 5.56 Å². The van der Waals surface area contributed by atoms with Gasteiger partial charge in [-0.15, -0.1) is 10.2 Å². The quantitative estimate of drug-likeness (QED) is 0.590. The molecule has 0 spiro atoms. The molecule has 154 valence electrons. The Kier molecular flexibility index (Phi) is 6.16. The van der Waals surface area contributed by atoms with Gasteiger partial charge in [0.15, 0.2) is 17.3 Å². The summed E-state index contributed by atoms with van der Waals surface area (Å²) in [4.78, 5) is 42.8. The molecule has 10 heteroatoms. The number of aromatic nitrogens is 4. The molecule has 0 aliphatic carbocycles. The van der Waals surface area contributed by atoms with Gasteiger partial charge in [-0.25, -0.2) is 4.98 Å². The number of carbonyl (C=O) groups excluding carboxylic acids is 3. The first-order valence-corrected chi connectivity index (χ1v) is 9.04. The van der Waals surface area contributed by atoms with Crippen molar-refractivity contribution in [2.75, 3.05) is 31.4 Å². The van der Waals surface area contributed by atoms with E-state index in [-0.39, 0.29) is 29.8 Å². The fourth-order valence-electron chi connectivity index (χ4n) is 2.73. The van der Waals surface area contributed by atoms with E-state index in [2.05, 4.69) is 20.5 Å². The molecule has 3 amide bonds. The van der Waals surface area contributed by atoms with Crippen LogP contribution >= 0.6 is 0 Å². The molecule has 0 bridgehead atoms. The molecule has 0 aliphatic rings. The molecule has 1 aromatic carbocycles. The first-order valence-electron chi connectivity index (χ1n) is 9.04. The molecule has 30 heavy (non-hydrogen) atoms. The SMILES string of the molecule is CN(C)C(=O)c1c(N(C)C=O)ncn1CC(=O)Nc1ccc(-c2ccccc2)nn1. The number of anilines is 2. The van der Waals surface area contributed by atoms with E-state index in [9.17, 15) is 14.4 Å². The summed E-state index contributed by atoms with van der Waals surface area (Å²) in [6.45, 7) is -0.184. The standard InChI is InChI=1S/C20H21N7O3/c1-25(2)20(30)18-19(26(3)13-28)21-12-27(18)11-17(29)22-16-10-9-15(23-24-16)14-7-5-4-6-8-14/h4-10,12-13H,11H2,1-3H3,(H,22,24,29). The molecule has 0 aliphatic heterocycles. The number of imidazole rings is 1. The molecular formula is C20H21N7O3. The van der Waals surface area contributed by atoms with E-state index in [4.69, 9.17) is 0 Å². The number of carbonyl (C=O) groups is 3. The highest BCUT2D eigenvalue weighted by molar-refractivity contribution is 6.00. The summed E-state index contributed by atoms with van der Waals surface area (Å²) in [6, 6.07) is 13.0. The monoisotopic (exact) mass is 407 g/mol. The van der Waals surface area contributed by atoms with Gasteiger partial charge in [-0.1, -0.05) is 30.3 Å². The number of nitrogens with one attached hydrogen (secondary N) is 1. The third kappa shape index (κ3) is 4.49. The molecule has 3 aromatic rings. The Balaban J connectivity index is 1.75. The van der Waals surface area contributed by atoms with Crippen molar-refractivity contribution >= 4 is 29.9 Å². The lowest BCUT2D eigenvalue weighted by atomic mass is 10.1. The van der Waals surface area contributed by atoms with Gasteiger partial charge in [0.1, 0.15) is 6.54 Å². The van der Waals surface area contributed by atoms with Crippen LogP contribution in [0.1, 0.15) is 10.5 Å². The summed E-state index contributed by atoms with van der Waals surface area (Å²) >= 11 is 0. The molecule has 0 fully saturated rings. The summed E-state index contributed by atoms with van der Waals surface area (Å²) in [5.74, 6) is -0.340. The fraction of sp³-hybridized carbons (Fsp3) is 0.200. The molecule has 2 heterocycles. The van der Waals surface area contributed by atoms with Crippen LogP contribution < -0.4 is 10.2 Å². The molecule has 0 saturated heterocycles. The largest absolute Gasteiger partial charge is 0.343 e. The van der Waals surface area contributed by atoms with Gasteiger partial charge in [0.2, 0.25) is 12.3 Å². The average Bonchev–Trinajstić information content (AvgIpc) is 3.16. The van der Waals surface area contributed by atoms with Crippen LogP contribution in [0, 0.1) is 0 Å². The zero-order valence-electron chi connectivity index (χ0n) is 16.8. The number of amides is 3. The summed E-state index contributed by atoms with van der Waals surface area (Å²) in [5.41, 5.74) is 1.74. The van der Waals surface area contributed by atoms with Gasteiger partial charge in [-0.2, -0.15) is 0 Å². The van der Waals surface area contributed by atoms with Crippen LogP contribution in [0.4, 0.5) is 11.6 Å². The Morgan fingerprint density at radius 1 is 1.07 bits per heavy atom. The summed E-state index contributed by atoms with van der Waals surface area (Å²) < 4.78 is 1.39. The molecule has 0 saturated carbocycles. The predicted octanol–water partition coefficient (Wildman–Crippen LogP) is 1.27. The molecule has 10 nitrogen and oxygen atoms in total. The Hall–Kier alpha value is -4.08. The fourth-order valence-corrected chi connectivity index (χ4v) is 2.73. The van der Waals surface area contributed by atoms with Gasteiger partial charge < -0.3 is 19.7 Å². The first kappa shape index (κ1) is 20.6. The molecule has 2 aromatic heterocycles. The minimum atomic E-state index is -0.415. The Labute approximate surface area is 173 Å². The van der Waals surface area contributed by atoms with Crippen LogP contribution in [0.3, 0.4) is 0 Å². The Morgan fingerprint density at radius 2 is 1.80 bits per heavy atom. The van der Waals surface area contributed by atoms with Crippen LogP contribution in [0.15, 0.2) is 48.8 Å². The molecular weight excluding hydrogens is 386 g/mol. The van der Waals surface area contributed by atoms with Crippen molar-refractivity contribution in [3.63, 3.8) is 0 Å². The predicted molar refractivity (Wildman–Crippen MR) is 111 cm³/mol. The second-order valence-electron chi connectivity index (χ2n) is 6.68. The zero-order chi connectivity index (χ0) is 21.7. The maximum atomic E-state index is 12.5. The van der Waals surface area contributed by atoms with Crippen molar-refractivity contribution in [2.45, 2.75) is 6.54 Å². The molecule has 3 rings (SSSR count). The molecule has 0 radical (unpaired) electrons. The Bertz CT molecular complexity index is 1050. The van der Waals surface area contributed by atoms with Crippen molar-refractivity contribution in [3.05, 3.63) is 54.5 Å². The minimum Gasteiger partial charge on any atom is -0.343 e. The molecule has 0 unspecified atom stereocenters. The maximum absolute atomic E-state index is 12.5. The van der Waals surface area contributed by atoms with Crippen LogP contribution in [-0.4, -0.2) is 64.0 Å². The van der Waals surface area contributed by atoms with Gasteiger partial charge in [0, 0.05) is 26.7 Å². The van der Waals surface area contributed by atoms with E-state index in [1.807, 2.05) is 30.3 Å². The zero-order valence-corrected chi connectivity index (χ0v) is 16.8. The average molecular weight is 407 g/mol. The third-order valence-electron chi connectivity index (χ3n) is 4.23. The second kappa shape index (κ2) is 8.95. The number of hydrogen-bond acceptors (Lipinski definition) is 6. The van der Waals surface area contributed by atoms with Gasteiger partial charge >= 0.3 is 0 Å². The smallest absolute Gasteiger partial charge is 0.273 e. The van der Waals surface area contributed by atoms with E-state index in [0.29, 0.717) is 12.1 Å². The summed E-state index contributed by atoms with van der Waals surface area (Å²) in [7, 11) is 4.64. The van der Waals surface area contributed by atoms with Gasteiger partial charge in [0.05, 0.1) is 12.0 Å². The van der Waals surface area contributed by atoms with Gasteiger partial charge in [0.25, 0.3) is 5.91 Å². The highest BCUT2D eigenvalue weighted by Gasteiger charge is 2.24. The normalized spacial score (nSPS) is 10.4. The van der Waals surface area contributed by atoms with Crippen LogP contribution in [0.25, 0.3) is 11.3 Å². The van der Waals surface area contributed by atoms with Crippen molar-refractivity contribution in [2.24, 2.45) is 0 Å². The van der Waals surface area contributed by atoms with E-state index in [1.54, 1.807) is 26.2 Å². The van der Waals surface area contributed by atoms with Crippen LogP contribution in [-0.2, 0) is 16.1 Å². The summed E-state index contributed by atoms with van der Waals surface area (Å²) in [5, 5.41) is 10.8. The van der Waals surface area contributed by atoms with Crippen molar-refractivity contribution < 1.29 is 14.4 Å². The lowest BCUT2D eigenvalue weighted by molar-refractivity contribution is -0.116. The highest BCUT2D eigenvalue weighted by atomic mass is 16.2. The maximum Gasteiger partial charge on any atom is 0.273 e. The topological polar surface area (TPSA) is 113 Å². The molecule has 0 atom stereocenters. The van der Waals surface area contributed by atoms with E-state index in [1.165, 1.54) is 27.7 Å².